The van der Waals surface area contributed by atoms with E-state index < -0.39 is 0 Å². The third kappa shape index (κ3) is 4.65. The van der Waals surface area contributed by atoms with Gasteiger partial charge in [-0.2, -0.15) is 0 Å². The van der Waals surface area contributed by atoms with E-state index in [-0.39, 0.29) is 11.7 Å². The van der Waals surface area contributed by atoms with Crippen molar-refractivity contribution < 1.29 is 9.53 Å². The highest BCUT2D eigenvalue weighted by atomic mass is 35.5. The Labute approximate surface area is 161 Å². The Balaban J connectivity index is 1.63. The lowest BCUT2D eigenvalue weighted by atomic mass is 10.2. The summed E-state index contributed by atoms with van der Waals surface area (Å²) in [6.07, 6.45) is 0. The third-order valence-corrected chi connectivity index (χ3v) is 4.94. The van der Waals surface area contributed by atoms with Gasteiger partial charge in [0.2, 0.25) is 0 Å². The number of aromatic nitrogens is 3. The van der Waals surface area contributed by atoms with E-state index in [2.05, 4.69) is 10.2 Å². The first-order valence-electron chi connectivity index (χ1n) is 8.06. The van der Waals surface area contributed by atoms with Crippen LogP contribution in [-0.4, -0.2) is 26.5 Å². The summed E-state index contributed by atoms with van der Waals surface area (Å²) >= 11 is 7.23. The van der Waals surface area contributed by atoms with Crippen LogP contribution in [0.4, 0.5) is 0 Å². The van der Waals surface area contributed by atoms with Crippen molar-refractivity contribution in [3.05, 3.63) is 70.5 Å². The second-order valence-corrected chi connectivity index (χ2v) is 7.15. The maximum Gasteiger partial charge on any atom is 0.321 e. The lowest BCUT2D eigenvalue weighted by Gasteiger charge is -2.09. The number of hydrogen-bond donors (Lipinski definition) is 0. The molecule has 0 unspecified atom stereocenters. The van der Waals surface area contributed by atoms with Gasteiger partial charge in [0.15, 0.2) is 5.16 Å². The van der Waals surface area contributed by atoms with Gasteiger partial charge in [0.05, 0.1) is 12.3 Å². The Bertz CT molecular complexity index is 912. The zero-order valence-corrected chi connectivity index (χ0v) is 16.0. The van der Waals surface area contributed by atoms with E-state index in [1.54, 1.807) is 18.2 Å². The quantitative estimate of drug-likeness (QED) is 0.358. The molecule has 134 valence electrons. The van der Waals surface area contributed by atoms with Crippen molar-refractivity contribution in [1.29, 1.82) is 0 Å². The number of nitrogens with zero attached hydrogens (tertiary/aromatic N) is 3. The molecule has 5 nitrogen and oxygen atoms in total. The van der Waals surface area contributed by atoms with E-state index in [4.69, 9.17) is 16.3 Å². The lowest BCUT2D eigenvalue weighted by Crippen LogP contribution is -2.12. The van der Waals surface area contributed by atoms with Gasteiger partial charge in [-0.3, -0.25) is 4.79 Å². The van der Waals surface area contributed by atoms with E-state index in [1.165, 1.54) is 11.8 Å². The highest BCUT2D eigenvalue weighted by molar-refractivity contribution is 7.99. The summed E-state index contributed by atoms with van der Waals surface area (Å²) in [6.45, 7) is 4.41. The van der Waals surface area contributed by atoms with Crippen LogP contribution in [0.15, 0.2) is 53.7 Å². The average Bonchev–Trinajstić information content (AvgIpc) is 2.97. The Morgan fingerprint density at radius 2 is 1.92 bits per heavy atom. The number of aryl methyl sites for hydroxylation is 2. The molecule has 3 aromatic rings. The van der Waals surface area contributed by atoms with Crippen molar-refractivity contribution in [2.75, 3.05) is 5.75 Å². The molecule has 0 aliphatic carbocycles. The highest BCUT2D eigenvalue weighted by Gasteiger charge is 2.14. The maximum absolute atomic E-state index is 12.2. The number of ether oxygens (including phenoxy) is 1. The summed E-state index contributed by atoms with van der Waals surface area (Å²) < 4.78 is 7.40. The number of carbonyl (C=O) groups is 1. The van der Waals surface area contributed by atoms with Crippen molar-refractivity contribution in [1.82, 2.24) is 14.8 Å². The topological polar surface area (TPSA) is 57.0 Å². The first-order chi connectivity index (χ1) is 12.5. The van der Waals surface area contributed by atoms with Crippen LogP contribution < -0.4 is 4.74 Å². The normalized spacial score (nSPS) is 10.7. The standard InChI is InChI=1S/C19H18ClN3O2S/c1-13-10-16(20)8-9-17(13)25-18(24)12-26-19-22-21-14(2)23(19)11-15-6-4-3-5-7-15/h3-10H,11-12H2,1-2H3. The molecule has 0 aliphatic rings. The Morgan fingerprint density at radius 1 is 1.15 bits per heavy atom. The van der Waals surface area contributed by atoms with E-state index in [0.717, 1.165) is 17.0 Å². The van der Waals surface area contributed by atoms with Gasteiger partial charge in [-0.25, -0.2) is 0 Å². The number of benzene rings is 2. The Kier molecular flexibility index (Phi) is 5.96. The average molecular weight is 388 g/mol. The molecule has 0 amide bonds. The fourth-order valence-corrected chi connectivity index (χ4v) is 3.40. The van der Waals surface area contributed by atoms with E-state index >= 15 is 0 Å². The van der Waals surface area contributed by atoms with Crippen LogP contribution in [0, 0.1) is 13.8 Å². The summed E-state index contributed by atoms with van der Waals surface area (Å²) in [7, 11) is 0. The maximum atomic E-state index is 12.2. The Morgan fingerprint density at radius 3 is 2.65 bits per heavy atom. The zero-order valence-electron chi connectivity index (χ0n) is 14.5. The van der Waals surface area contributed by atoms with Crippen molar-refractivity contribution in [3.63, 3.8) is 0 Å². The summed E-state index contributed by atoms with van der Waals surface area (Å²) in [4.78, 5) is 12.2. The van der Waals surface area contributed by atoms with Crippen molar-refractivity contribution in [2.24, 2.45) is 0 Å². The summed E-state index contributed by atoms with van der Waals surface area (Å²) in [5, 5.41) is 9.60. The lowest BCUT2D eigenvalue weighted by molar-refractivity contribution is -0.131. The number of rotatable bonds is 6. The molecule has 0 spiro atoms. The molecule has 0 aliphatic heterocycles. The van der Waals surface area contributed by atoms with Gasteiger partial charge in [0, 0.05) is 5.02 Å². The minimum Gasteiger partial charge on any atom is -0.426 e. The molecule has 1 heterocycles. The predicted octanol–water partition coefficient (Wildman–Crippen LogP) is 4.29. The van der Waals surface area contributed by atoms with Crippen LogP contribution >= 0.6 is 23.4 Å². The number of carbonyl (C=O) groups excluding carboxylic acids is 1. The molecule has 1 aromatic heterocycles. The van der Waals surface area contributed by atoms with Gasteiger partial charge in [0.1, 0.15) is 11.6 Å². The summed E-state index contributed by atoms with van der Waals surface area (Å²) in [5.74, 6) is 1.13. The second-order valence-electron chi connectivity index (χ2n) is 5.77. The SMILES string of the molecule is Cc1cc(Cl)ccc1OC(=O)CSc1nnc(C)n1Cc1ccccc1. The largest absolute Gasteiger partial charge is 0.426 e. The molecule has 0 saturated heterocycles. The van der Waals surface area contributed by atoms with Crippen LogP contribution in [-0.2, 0) is 11.3 Å². The molecule has 0 fully saturated rings. The molecule has 26 heavy (non-hydrogen) atoms. The van der Waals surface area contributed by atoms with Gasteiger partial charge in [0.25, 0.3) is 0 Å². The van der Waals surface area contributed by atoms with Gasteiger partial charge in [-0.05, 0) is 43.2 Å². The molecule has 7 heteroatoms. The molecule has 0 atom stereocenters. The first kappa shape index (κ1) is 18.5. The monoisotopic (exact) mass is 387 g/mol. The molecule has 2 aromatic carbocycles. The number of esters is 1. The number of thioether (sulfide) groups is 1. The molecule has 3 rings (SSSR count). The fourth-order valence-electron chi connectivity index (χ4n) is 2.42. The fraction of sp³-hybridized carbons (Fsp3) is 0.211. The van der Waals surface area contributed by atoms with Gasteiger partial charge in [-0.1, -0.05) is 53.7 Å². The molecular weight excluding hydrogens is 370 g/mol. The van der Waals surface area contributed by atoms with Crippen LogP contribution in [0.5, 0.6) is 5.75 Å². The molecular formula is C19H18ClN3O2S. The number of hydrogen-bond acceptors (Lipinski definition) is 5. The minimum atomic E-state index is -0.340. The molecule has 0 bridgehead atoms. The van der Waals surface area contributed by atoms with Crippen molar-refractivity contribution >= 4 is 29.3 Å². The smallest absolute Gasteiger partial charge is 0.321 e. The third-order valence-electron chi connectivity index (χ3n) is 3.77. The Hall–Kier alpha value is -2.31. The van der Waals surface area contributed by atoms with Crippen LogP contribution in [0.25, 0.3) is 0 Å². The number of halogens is 1. The van der Waals surface area contributed by atoms with Crippen LogP contribution in [0.2, 0.25) is 5.02 Å². The molecule has 0 radical (unpaired) electrons. The second kappa shape index (κ2) is 8.38. The highest BCUT2D eigenvalue weighted by Crippen LogP contribution is 2.23. The van der Waals surface area contributed by atoms with Gasteiger partial charge < -0.3 is 9.30 Å². The van der Waals surface area contributed by atoms with E-state index in [9.17, 15) is 4.79 Å². The van der Waals surface area contributed by atoms with E-state index in [1.807, 2.05) is 48.7 Å². The van der Waals surface area contributed by atoms with Gasteiger partial charge in [-0.15, -0.1) is 10.2 Å². The van der Waals surface area contributed by atoms with Crippen LogP contribution in [0.3, 0.4) is 0 Å². The van der Waals surface area contributed by atoms with Crippen molar-refractivity contribution in [2.45, 2.75) is 25.5 Å². The minimum absolute atomic E-state index is 0.148. The molecule has 0 saturated carbocycles. The predicted molar refractivity (Wildman–Crippen MR) is 103 cm³/mol. The van der Waals surface area contributed by atoms with E-state index in [0.29, 0.717) is 22.5 Å². The zero-order chi connectivity index (χ0) is 18.5. The van der Waals surface area contributed by atoms with Crippen molar-refractivity contribution in [3.8, 4) is 5.75 Å². The summed E-state index contributed by atoms with van der Waals surface area (Å²) in [6, 6.07) is 15.2. The molecule has 0 N–H and O–H groups in total. The van der Waals surface area contributed by atoms with Gasteiger partial charge >= 0.3 is 5.97 Å². The summed E-state index contributed by atoms with van der Waals surface area (Å²) in [5.41, 5.74) is 1.97. The van der Waals surface area contributed by atoms with Crippen LogP contribution in [0.1, 0.15) is 17.0 Å². The first-order valence-corrected chi connectivity index (χ1v) is 9.42.